The number of carboxylic acid groups (broad SMARTS) is 1. The number of aliphatic hydroxyl groups is 1. The molecular weight excluding hydrogens is 400 g/mol. The summed E-state index contributed by atoms with van der Waals surface area (Å²) in [5.74, 6) is -1.76. The number of aliphatic carboxylic acids is 1. The zero-order chi connectivity index (χ0) is 22.4. The van der Waals surface area contributed by atoms with Crippen molar-refractivity contribution < 1.29 is 29.3 Å². The molecule has 2 amide bonds. The summed E-state index contributed by atoms with van der Waals surface area (Å²) in [6.45, 7) is 1.64. The number of alkyl carbamates (subject to hydrolysis) is 1. The van der Waals surface area contributed by atoms with Gasteiger partial charge in [-0.25, -0.2) is 4.79 Å². The third-order valence-electron chi connectivity index (χ3n) is 5.28. The maximum atomic E-state index is 12.3. The minimum atomic E-state index is -1.20. The van der Waals surface area contributed by atoms with Crippen LogP contribution in [0.4, 0.5) is 4.79 Å². The number of amides is 2. The fourth-order valence-corrected chi connectivity index (χ4v) is 3.75. The van der Waals surface area contributed by atoms with Gasteiger partial charge in [0.25, 0.3) is 0 Å². The van der Waals surface area contributed by atoms with Crippen molar-refractivity contribution in [2.75, 3.05) is 13.2 Å². The van der Waals surface area contributed by atoms with E-state index in [-0.39, 0.29) is 19.1 Å². The van der Waals surface area contributed by atoms with Gasteiger partial charge in [0.1, 0.15) is 12.6 Å². The molecule has 8 nitrogen and oxygen atoms in total. The Balaban J connectivity index is 1.56. The lowest BCUT2D eigenvalue weighted by atomic mass is 9.98. The predicted molar refractivity (Wildman–Crippen MR) is 114 cm³/mol. The van der Waals surface area contributed by atoms with Crippen molar-refractivity contribution in [1.82, 2.24) is 10.6 Å². The molecule has 0 spiro atoms. The number of hydrogen-bond acceptors (Lipinski definition) is 5. The molecule has 2 aromatic rings. The molecule has 0 radical (unpaired) electrons. The van der Waals surface area contributed by atoms with E-state index in [1.165, 1.54) is 0 Å². The number of carbonyl (C=O) groups is 3. The third kappa shape index (κ3) is 5.40. The van der Waals surface area contributed by atoms with Crippen LogP contribution in [0.3, 0.4) is 0 Å². The first kappa shape index (κ1) is 22.3. The molecule has 1 aliphatic rings. The summed E-state index contributed by atoms with van der Waals surface area (Å²) in [5.41, 5.74) is 4.43. The molecule has 2 atom stereocenters. The molecular formula is C23H26N2O6. The smallest absolute Gasteiger partial charge is 0.407 e. The number of nitrogens with one attached hydrogen (secondary N) is 2. The van der Waals surface area contributed by atoms with Crippen LogP contribution < -0.4 is 10.6 Å². The first-order valence-electron chi connectivity index (χ1n) is 10.2. The van der Waals surface area contributed by atoms with Gasteiger partial charge >= 0.3 is 12.1 Å². The molecule has 0 saturated carbocycles. The van der Waals surface area contributed by atoms with Crippen molar-refractivity contribution in [3.05, 3.63) is 59.7 Å². The van der Waals surface area contributed by atoms with Gasteiger partial charge in [-0.2, -0.15) is 0 Å². The number of carboxylic acids is 1. The van der Waals surface area contributed by atoms with Crippen LogP contribution in [-0.2, 0) is 14.3 Å². The van der Waals surface area contributed by atoms with Crippen molar-refractivity contribution >= 4 is 18.0 Å². The monoisotopic (exact) mass is 426 g/mol. The molecule has 2 unspecified atom stereocenters. The van der Waals surface area contributed by atoms with Gasteiger partial charge in [-0.15, -0.1) is 0 Å². The summed E-state index contributed by atoms with van der Waals surface area (Å²) < 4.78 is 5.44. The minimum Gasteiger partial charge on any atom is -0.481 e. The van der Waals surface area contributed by atoms with Gasteiger partial charge in [0.05, 0.1) is 12.5 Å². The number of carbonyl (C=O) groups excluding carboxylic acids is 2. The number of aliphatic hydroxyl groups excluding tert-OH is 1. The van der Waals surface area contributed by atoms with E-state index in [2.05, 4.69) is 10.6 Å². The average molecular weight is 426 g/mol. The molecule has 31 heavy (non-hydrogen) atoms. The van der Waals surface area contributed by atoms with Crippen LogP contribution in [0.5, 0.6) is 0 Å². The van der Waals surface area contributed by atoms with Crippen LogP contribution in [-0.4, -0.2) is 53.5 Å². The molecule has 0 heterocycles. The Morgan fingerprint density at radius 3 is 2.16 bits per heavy atom. The number of ether oxygens (including phenoxy) is 1. The molecule has 2 aromatic carbocycles. The Kier molecular flexibility index (Phi) is 7.25. The largest absolute Gasteiger partial charge is 0.481 e. The minimum absolute atomic E-state index is 0.0850. The summed E-state index contributed by atoms with van der Waals surface area (Å²) in [5, 5.41) is 23.2. The third-order valence-corrected chi connectivity index (χ3v) is 5.28. The van der Waals surface area contributed by atoms with Gasteiger partial charge in [-0.05, 0) is 28.7 Å². The quantitative estimate of drug-likeness (QED) is 0.487. The van der Waals surface area contributed by atoms with Gasteiger partial charge in [0.15, 0.2) is 0 Å². The van der Waals surface area contributed by atoms with Crippen LogP contribution in [0.1, 0.15) is 36.8 Å². The normalized spacial score (nSPS) is 14.1. The van der Waals surface area contributed by atoms with Crippen molar-refractivity contribution in [2.24, 2.45) is 0 Å². The Bertz CT molecular complexity index is 915. The fourth-order valence-electron chi connectivity index (χ4n) is 3.75. The van der Waals surface area contributed by atoms with Crippen molar-refractivity contribution in [1.29, 1.82) is 0 Å². The zero-order valence-electron chi connectivity index (χ0n) is 17.2. The van der Waals surface area contributed by atoms with E-state index in [0.29, 0.717) is 6.42 Å². The first-order valence-corrected chi connectivity index (χ1v) is 10.2. The maximum absolute atomic E-state index is 12.3. The highest BCUT2D eigenvalue weighted by molar-refractivity contribution is 5.85. The standard InChI is InChI=1S/C23H26N2O6/c1-2-20(22(29)24-12-14(26)11-21(27)28)25-23(30)31-13-19-17-9-5-3-7-15(17)16-8-4-6-10-18(16)19/h3-10,14,19-20,26H,2,11-13H2,1H3,(H,24,29)(H,25,30)(H,27,28). The number of rotatable bonds is 9. The molecule has 1 aliphatic carbocycles. The van der Waals surface area contributed by atoms with E-state index < -0.39 is 36.5 Å². The van der Waals surface area contributed by atoms with Crippen molar-refractivity contribution in [3.8, 4) is 11.1 Å². The molecule has 0 aliphatic heterocycles. The van der Waals surface area contributed by atoms with Crippen LogP contribution in [0.2, 0.25) is 0 Å². The van der Waals surface area contributed by atoms with Gasteiger partial charge < -0.3 is 25.6 Å². The Hall–Kier alpha value is -3.39. The number of benzene rings is 2. The molecule has 4 N–H and O–H groups in total. The average Bonchev–Trinajstić information content (AvgIpc) is 3.07. The lowest BCUT2D eigenvalue weighted by Crippen LogP contribution is -2.48. The van der Waals surface area contributed by atoms with Crippen LogP contribution in [0.15, 0.2) is 48.5 Å². The lowest BCUT2D eigenvalue weighted by molar-refractivity contribution is -0.139. The van der Waals surface area contributed by atoms with E-state index in [1.807, 2.05) is 48.5 Å². The Labute approximate surface area is 180 Å². The number of fused-ring (bicyclic) bond motifs is 3. The maximum Gasteiger partial charge on any atom is 0.407 e. The summed E-state index contributed by atoms with van der Waals surface area (Å²) >= 11 is 0. The summed E-state index contributed by atoms with van der Waals surface area (Å²) in [6.07, 6.45) is -2.08. The van der Waals surface area contributed by atoms with Crippen molar-refractivity contribution in [3.63, 3.8) is 0 Å². The van der Waals surface area contributed by atoms with Gasteiger partial charge in [-0.1, -0.05) is 55.5 Å². The Morgan fingerprint density at radius 2 is 1.61 bits per heavy atom. The topological polar surface area (TPSA) is 125 Å². The highest BCUT2D eigenvalue weighted by atomic mass is 16.5. The van der Waals surface area contributed by atoms with Gasteiger partial charge in [-0.3, -0.25) is 9.59 Å². The van der Waals surface area contributed by atoms with E-state index in [1.54, 1.807) is 6.92 Å². The van der Waals surface area contributed by atoms with Gasteiger partial charge in [0, 0.05) is 12.5 Å². The molecule has 164 valence electrons. The summed E-state index contributed by atoms with van der Waals surface area (Å²) in [4.78, 5) is 35.2. The molecule has 0 bridgehead atoms. The van der Waals surface area contributed by atoms with Crippen LogP contribution in [0, 0.1) is 0 Å². The SMILES string of the molecule is CCC(NC(=O)OCC1c2ccccc2-c2ccccc21)C(=O)NCC(O)CC(=O)O. The second-order valence-electron chi connectivity index (χ2n) is 7.43. The van der Waals surface area contributed by atoms with Crippen LogP contribution in [0.25, 0.3) is 11.1 Å². The summed E-state index contributed by atoms with van der Waals surface area (Å²) in [6, 6.07) is 15.1. The van der Waals surface area contributed by atoms with E-state index in [4.69, 9.17) is 9.84 Å². The molecule has 3 rings (SSSR count). The predicted octanol–water partition coefficient (Wildman–Crippen LogP) is 2.26. The highest BCUT2D eigenvalue weighted by Crippen LogP contribution is 2.44. The van der Waals surface area contributed by atoms with Crippen molar-refractivity contribution in [2.45, 2.75) is 37.8 Å². The van der Waals surface area contributed by atoms with Gasteiger partial charge in [0.2, 0.25) is 5.91 Å². The van der Waals surface area contributed by atoms with E-state index >= 15 is 0 Å². The lowest BCUT2D eigenvalue weighted by Gasteiger charge is -2.19. The highest BCUT2D eigenvalue weighted by Gasteiger charge is 2.29. The van der Waals surface area contributed by atoms with Crippen LogP contribution >= 0.6 is 0 Å². The second kappa shape index (κ2) is 10.1. The summed E-state index contributed by atoms with van der Waals surface area (Å²) in [7, 11) is 0. The molecule has 0 aromatic heterocycles. The molecule has 0 saturated heterocycles. The molecule has 0 fully saturated rings. The first-order chi connectivity index (χ1) is 14.9. The second-order valence-corrected chi connectivity index (χ2v) is 7.43. The molecule has 8 heteroatoms. The van der Waals surface area contributed by atoms with E-state index in [9.17, 15) is 19.5 Å². The van der Waals surface area contributed by atoms with E-state index in [0.717, 1.165) is 22.3 Å². The fraction of sp³-hybridized carbons (Fsp3) is 0.348. The Morgan fingerprint density at radius 1 is 1.03 bits per heavy atom. The zero-order valence-corrected chi connectivity index (χ0v) is 17.2. The number of hydrogen-bond donors (Lipinski definition) is 4.